The summed E-state index contributed by atoms with van der Waals surface area (Å²) in [6.45, 7) is 6.72. The molecule has 3 rings (SSSR count). The predicted molar refractivity (Wildman–Crippen MR) is 92.3 cm³/mol. The van der Waals surface area contributed by atoms with Crippen molar-refractivity contribution < 1.29 is 26.2 Å². The van der Waals surface area contributed by atoms with E-state index in [0.29, 0.717) is 5.92 Å². The molecule has 0 bridgehead atoms. The van der Waals surface area contributed by atoms with Crippen LogP contribution in [0.2, 0.25) is 0 Å². The van der Waals surface area contributed by atoms with E-state index >= 15 is 0 Å². The van der Waals surface area contributed by atoms with E-state index in [1.165, 1.54) is 46.2 Å². The van der Waals surface area contributed by atoms with Gasteiger partial charge in [0, 0.05) is 32.6 Å². The predicted octanol–water partition coefficient (Wildman–Crippen LogP) is 6.22. The van der Waals surface area contributed by atoms with Crippen LogP contribution < -0.4 is 0 Å². The topological polar surface area (TPSA) is 0 Å². The van der Waals surface area contributed by atoms with E-state index < -0.39 is 0 Å². The molecule has 0 saturated carbocycles. The van der Waals surface area contributed by atoms with Crippen molar-refractivity contribution in [2.45, 2.75) is 39.5 Å². The molecule has 0 fully saturated rings. The van der Waals surface area contributed by atoms with Crippen molar-refractivity contribution in [3.63, 3.8) is 0 Å². The second-order valence-corrected chi connectivity index (χ2v) is 6.20. The van der Waals surface area contributed by atoms with E-state index in [1.54, 1.807) is 0 Å². The van der Waals surface area contributed by atoms with Gasteiger partial charge >= 0.3 is 0 Å². The Balaban J connectivity index is 0.00000176. The van der Waals surface area contributed by atoms with Crippen LogP contribution in [0.4, 0.5) is 0 Å². The SMILES string of the molecule is CCCC1=Cc2c(cccc2-c2ccc(C(C)C)cc2)[CH]1.[Zr]. The molecule has 22 heavy (non-hydrogen) atoms. The minimum absolute atomic E-state index is 0. The maximum absolute atomic E-state index is 2.37. The fraction of sp³-hybridized carbons (Fsp3) is 0.286. The van der Waals surface area contributed by atoms with E-state index in [9.17, 15) is 0 Å². The van der Waals surface area contributed by atoms with Crippen molar-refractivity contribution in [3.05, 3.63) is 71.1 Å². The van der Waals surface area contributed by atoms with Crippen molar-refractivity contribution in [3.8, 4) is 11.1 Å². The zero-order valence-corrected chi connectivity index (χ0v) is 16.1. The Kier molecular flexibility index (Phi) is 5.98. The van der Waals surface area contributed by atoms with E-state index in [2.05, 4.69) is 75.7 Å². The molecule has 0 saturated heterocycles. The van der Waals surface area contributed by atoms with Gasteiger partial charge in [-0.05, 0) is 40.2 Å². The average Bonchev–Trinajstić information content (AvgIpc) is 2.90. The van der Waals surface area contributed by atoms with Crippen LogP contribution in [0.1, 0.15) is 56.2 Å². The summed E-state index contributed by atoms with van der Waals surface area (Å²) in [6.07, 6.45) is 7.07. The first-order valence-electron chi connectivity index (χ1n) is 7.97. The molecule has 2 aromatic carbocycles. The molecule has 1 aliphatic rings. The molecule has 1 radical (unpaired) electrons. The minimum Gasteiger partial charge on any atom is -0.0651 e. The molecule has 111 valence electrons. The second kappa shape index (κ2) is 7.56. The van der Waals surface area contributed by atoms with Gasteiger partial charge in [0.15, 0.2) is 0 Å². The van der Waals surface area contributed by atoms with Gasteiger partial charge < -0.3 is 0 Å². The fourth-order valence-corrected chi connectivity index (χ4v) is 3.03. The number of hydrogen-bond donors (Lipinski definition) is 0. The molecular weight excluding hydrogens is 343 g/mol. The smallest absolute Gasteiger partial charge is 0.0164 e. The largest absolute Gasteiger partial charge is 0.0651 e. The van der Waals surface area contributed by atoms with Gasteiger partial charge in [0.2, 0.25) is 0 Å². The van der Waals surface area contributed by atoms with Crippen LogP contribution in [0, 0.1) is 6.42 Å². The summed E-state index contributed by atoms with van der Waals surface area (Å²) in [5.74, 6) is 0.588. The third kappa shape index (κ3) is 3.52. The van der Waals surface area contributed by atoms with Crippen molar-refractivity contribution in [1.82, 2.24) is 0 Å². The molecule has 1 heteroatoms. The third-order valence-electron chi connectivity index (χ3n) is 4.24. The van der Waals surface area contributed by atoms with Gasteiger partial charge in [0.1, 0.15) is 0 Å². The van der Waals surface area contributed by atoms with Gasteiger partial charge in [-0.2, -0.15) is 0 Å². The molecule has 0 aromatic heterocycles. The Hall–Kier alpha value is -0.937. The van der Waals surface area contributed by atoms with Gasteiger partial charge in [-0.25, -0.2) is 0 Å². The molecule has 0 amide bonds. The fourth-order valence-electron chi connectivity index (χ4n) is 3.03. The molecule has 0 heterocycles. The Bertz CT molecular complexity index is 663. The number of benzene rings is 2. The van der Waals surface area contributed by atoms with Crippen LogP contribution in [0.5, 0.6) is 0 Å². The molecule has 1 aliphatic carbocycles. The maximum atomic E-state index is 2.37. The summed E-state index contributed by atoms with van der Waals surface area (Å²) >= 11 is 0. The number of fused-ring (bicyclic) bond motifs is 1. The first kappa shape index (κ1) is 17.4. The molecular formula is C21H23Zr. The first-order chi connectivity index (χ1) is 10.2. The summed E-state index contributed by atoms with van der Waals surface area (Å²) < 4.78 is 0. The molecule has 0 unspecified atom stereocenters. The first-order valence-corrected chi connectivity index (χ1v) is 7.97. The van der Waals surface area contributed by atoms with E-state index in [4.69, 9.17) is 0 Å². The van der Waals surface area contributed by atoms with Crippen LogP contribution in [-0.4, -0.2) is 0 Å². The zero-order chi connectivity index (χ0) is 14.8. The Labute approximate surface area is 153 Å². The van der Waals surface area contributed by atoms with Crippen molar-refractivity contribution >= 4 is 6.08 Å². The maximum Gasteiger partial charge on any atom is 0.0164 e. The number of allylic oxidation sites excluding steroid dienone is 1. The average molecular weight is 367 g/mol. The summed E-state index contributed by atoms with van der Waals surface area (Å²) in [5.41, 5.74) is 8.28. The summed E-state index contributed by atoms with van der Waals surface area (Å²) in [5, 5.41) is 0. The standard InChI is InChI=1S/C21H23.Zr/c1-4-6-16-13-19-7-5-8-20(21(19)14-16)18-11-9-17(10-12-18)15(2)3;/h5,7-15H,4,6H2,1-3H3;. The molecule has 2 aromatic rings. The van der Waals surface area contributed by atoms with Gasteiger partial charge in [-0.3, -0.25) is 0 Å². The van der Waals surface area contributed by atoms with E-state index in [-0.39, 0.29) is 26.2 Å². The van der Waals surface area contributed by atoms with Crippen LogP contribution in [0.3, 0.4) is 0 Å². The summed E-state index contributed by atoms with van der Waals surface area (Å²) in [6, 6.07) is 15.7. The van der Waals surface area contributed by atoms with Gasteiger partial charge in [-0.15, -0.1) is 0 Å². The van der Waals surface area contributed by atoms with E-state index in [1.807, 2.05) is 0 Å². The molecule has 0 nitrogen and oxygen atoms in total. The van der Waals surface area contributed by atoms with E-state index in [0.717, 1.165) is 0 Å². The third-order valence-corrected chi connectivity index (χ3v) is 4.24. The Morgan fingerprint density at radius 2 is 1.68 bits per heavy atom. The second-order valence-electron chi connectivity index (χ2n) is 6.20. The minimum atomic E-state index is 0. The van der Waals surface area contributed by atoms with Crippen LogP contribution in [-0.2, 0) is 26.2 Å². The number of rotatable bonds is 4. The van der Waals surface area contributed by atoms with Crippen molar-refractivity contribution in [2.24, 2.45) is 0 Å². The molecule has 0 N–H and O–H groups in total. The molecule has 0 aliphatic heterocycles. The van der Waals surface area contributed by atoms with Crippen molar-refractivity contribution in [1.29, 1.82) is 0 Å². The molecule has 0 atom stereocenters. The molecule has 0 spiro atoms. The van der Waals surface area contributed by atoms with Gasteiger partial charge in [0.25, 0.3) is 0 Å². The van der Waals surface area contributed by atoms with Crippen LogP contribution in [0.25, 0.3) is 17.2 Å². The van der Waals surface area contributed by atoms with Crippen LogP contribution in [0.15, 0.2) is 48.0 Å². The Morgan fingerprint density at radius 3 is 2.32 bits per heavy atom. The summed E-state index contributed by atoms with van der Waals surface area (Å²) in [4.78, 5) is 0. The normalized spacial score (nSPS) is 12.8. The Morgan fingerprint density at radius 1 is 0.955 bits per heavy atom. The monoisotopic (exact) mass is 365 g/mol. The van der Waals surface area contributed by atoms with Gasteiger partial charge in [0.05, 0.1) is 0 Å². The summed E-state index contributed by atoms with van der Waals surface area (Å²) in [7, 11) is 0. The zero-order valence-electron chi connectivity index (χ0n) is 13.7. The number of hydrogen-bond acceptors (Lipinski definition) is 0. The van der Waals surface area contributed by atoms with Crippen LogP contribution >= 0.6 is 0 Å². The van der Waals surface area contributed by atoms with Crippen molar-refractivity contribution in [2.75, 3.05) is 0 Å². The van der Waals surface area contributed by atoms with Gasteiger partial charge in [-0.1, -0.05) is 81.3 Å². The quantitative estimate of drug-likeness (QED) is 0.602.